The van der Waals surface area contributed by atoms with Gasteiger partial charge in [-0.25, -0.2) is 9.97 Å². The van der Waals surface area contributed by atoms with Crippen LogP contribution in [0.25, 0.3) is 0 Å². The Morgan fingerprint density at radius 1 is 1.41 bits per heavy atom. The summed E-state index contributed by atoms with van der Waals surface area (Å²) in [7, 11) is 1.40. The molecule has 0 saturated carbocycles. The van der Waals surface area contributed by atoms with Crippen LogP contribution < -0.4 is 5.32 Å². The van der Waals surface area contributed by atoms with Crippen molar-refractivity contribution in [3.8, 4) is 0 Å². The number of fused-ring (bicyclic) bond motifs is 1. The molecule has 1 aliphatic carbocycles. The van der Waals surface area contributed by atoms with Crippen molar-refractivity contribution >= 4 is 11.8 Å². The molecule has 1 aromatic heterocycles. The summed E-state index contributed by atoms with van der Waals surface area (Å²) in [6.45, 7) is 0.552. The van der Waals surface area contributed by atoms with Crippen molar-refractivity contribution in [2.45, 2.75) is 32.1 Å². The van der Waals surface area contributed by atoms with Crippen LogP contribution in [0.2, 0.25) is 0 Å². The van der Waals surface area contributed by atoms with Gasteiger partial charge in [0.05, 0.1) is 13.5 Å². The molecule has 1 aromatic rings. The lowest BCUT2D eigenvalue weighted by atomic mass is 9.96. The first kappa shape index (κ1) is 11.8. The number of aromatic nitrogens is 2. The maximum atomic E-state index is 11.0. The lowest BCUT2D eigenvalue weighted by Crippen LogP contribution is -2.15. The van der Waals surface area contributed by atoms with Gasteiger partial charge < -0.3 is 10.1 Å². The minimum Gasteiger partial charge on any atom is -0.469 e. The molecule has 17 heavy (non-hydrogen) atoms. The number of nitrogens with one attached hydrogen (secondary N) is 1. The first-order valence-electron chi connectivity index (χ1n) is 5.94. The Morgan fingerprint density at radius 2 is 2.24 bits per heavy atom. The molecule has 0 aliphatic heterocycles. The molecule has 0 radical (unpaired) electrons. The van der Waals surface area contributed by atoms with Gasteiger partial charge in [0.15, 0.2) is 0 Å². The van der Waals surface area contributed by atoms with Crippen LogP contribution in [-0.4, -0.2) is 29.6 Å². The first-order chi connectivity index (χ1) is 8.31. The van der Waals surface area contributed by atoms with Crippen LogP contribution in [0.15, 0.2) is 6.33 Å². The second-order valence-electron chi connectivity index (χ2n) is 4.11. The summed E-state index contributed by atoms with van der Waals surface area (Å²) in [5.74, 6) is 0.666. The van der Waals surface area contributed by atoms with Gasteiger partial charge in [-0.1, -0.05) is 0 Å². The third kappa shape index (κ3) is 2.93. The topological polar surface area (TPSA) is 64.1 Å². The van der Waals surface area contributed by atoms with Gasteiger partial charge >= 0.3 is 5.97 Å². The van der Waals surface area contributed by atoms with Crippen molar-refractivity contribution in [1.29, 1.82) is 0 Å². The van der Waals surface area contributed by atoms with Gasteiger partial charge in [-0.2, -0.15) is 0 Å². The van der Waals surface area contributed by atoms with E-state index in [1.807, 2.05) is 0 Å². The Hall–Kier alpha value is -1.65. The van der Waals surface area contributed by atoms with E-state index in [0.29, 0.717) is 13.0 Å². The summed E-state index contributed by atoms with van der Waals surface area (Å²) in [6, 6.07) is 0. The van der Waals surface area contributed by atoms with E-state index in [-0.39, 0.29) is 5.97 Å². The van der Waals surface area contributed by atoms with Gasteiger partial charge in [0.25, 0.3) is 0 Å². The zero-order valence-corrected chi connectivity index (χ0v) is 10.0. The third-order valence-electron chi connectivity index (χ3n) is 2.97. The Morgan fingerprint density at radius 3 is 3.06 bits per heavy atom. The fourth-order valence-electron chi connectivity index (χ4n) is 2.06. The summed E-state index contributed by atoms with van der Waals surface area (Å²) in [6.07, 6.45) is 6.39. The molecule has 1 N–H and O–H groups in total. The lowest BCUT2D eigenvalue weighted by Gasteiger charge is -2.17. The monoisotopic (exact) mass is 235 g/mol. The second kappa shape index (κ2) is 5.61. The fraction of sp³-hybridized carbons (Fsp3) is 0.583. The predicted octanol–water partition coefficient (Wildman–Crippen LogP) is 1.33. The number of hydrogen-bond donors (Lipinski definition) is 1. The number of aryl methyl sites for hydroxylation is 1. The van der Waals surface area contributed by atoms with E-state index in [1.165, 1.54) is 25.5 Å². The van der Waals surface area contributed by atoms with Crippen LogP contribution in [0, 0.1) is 0 Å². The van der Waals surface area contributed by atoms with Crippen molar-refractivity contribution < 1.29 is 9.53 Å². The molecule has 0 saturated heterocycles. The van der Waals surface area contributed by atoms with Crippen LogP contribution in [-0.2, 0) is 22.4 Å². The van der Waals surface area contributed by atoms with Crippen molar-refractivity contribution in [3.63, 3.8) is 0 Å². The summed E-state index contributed by atoms with van der Waals surface area (Å²) in [4.78, 5) is 19.5. The normalized spacial score (nSPS) is 13.9. The maximum Gasteiger partial charge on any atom is 0.307 e. The van der Waals surface area contributed by atoms with Crippen LogP contribution in [0.5, 0.6) is 0 Å². The number of nitrogens with zero attached hydrogens (tertiary/aromatic N) is 2. The molecule has 0 bridgehead atoms. The summed E-state index contributed by atoms with van der Waals surface area (Å²) < 4.78 is 4.59. The number of esters is 1. The average Bonchev–Trinajstić information content (AvgIpc) is 2.39. The van der Waals surface area contributed by atoms with E-state index >= 15 is 0 Å². The molecule has 5 heteroatoms. The highest BCUT2D eigenvalue weighted by molar-refractivity contribution is 5.69. The summed E-state index contributed by atoms with van der Waals surface area (Å²) in [5.41, 5.74) is 2.36. The van der Waals surface area contributed by atoms with Crippen molar-refractivity contribution in [1.82, 2.24) is 9.97 Å². The van der Waals surface area contributed by atoms with Crippen molar-refractivity contribution in [2.24, 2.45) is 0 Å². The molecule has 1 heterocycles. The molecule has 0 aromatic carbocycles. The molecule has 1 aliphatic rings. The smallest absolute Gasteiger partial charge is 0.307 e. The standard InChI is InChI=1S/C12H17N3O2/c1-17-11(16)6-7-13-12-9-4-2-3-5-10(9)14-8-15-12/h8H,2-7H2,1H3,(H,13,14,15). The van der Waals surface area contributed by atoms with Gasteiger partial charge in [0.2, 0.25) is 0 Å². The van der Waals surface area contributed by atoms with Gasteiger partial charge in [-0.05, 0) is 25.7 Å². The number of rotatable bonds is 4. The maximum absolute atomic E-state index is 11.0. The molecule has 0 amide bonds. The molecule has 2 rings (SSSR count). The SMILES string of the molecule is COC(=O)CCNc1ncnc2c1CCCC2. The van der Waals surface area contributed by atoms with E-state index in [9.17, 15) is 4.79 Å². The molecule has 0 spiro atoms. The number of carbonyl (C=O) groups is 1. The van der Waals surface area contributed by atoms with Gasteiger partial charge in [-0.15, -0.1) is 0 Å². The highest BCUT2D eigenvalue weighted by Gasteiger charge is 2.15. The molecule has 0 fully saturated rings. The van der Waals surface area contributed by atoms with E-state index in [4.69, 9.17) is 0 Å². The lowest BCUT2D eigenvalue weighted by molar-refractivity contribution is -0.140. The zero-order chi connectivity index (χ0) is 12.1. The van der Waals surface area contributed by atoms with E-state index in [2.05, 4.69) is 20.0 Å². The third-order valence-corrected chi connectivity index (χ3v) is 2.97. The Balaban J connectivity index is 1.98. The van der Waals surface area contributed by atoms with Crippen LogP contribution in [0.4, 0.5) is 5.82 Å². The summed E-state index contributed by atoms with van der Waals surface area (Å²) in [5, 5.41) is 3.19. The number of hydrogen-bond acceptors (Lipinski definition) is 5. The van der Waals surface area contributed by atoms with Gasteiger partial charge in [0, 0.05) is 17.8 Å². The largest absolute Gasteiger partial charge is 0.469 e. The summed E-state index contributed by atoms with van der Waals surface area (Å²) >= 11 is 0. The number of ether oxygens (including phenoxy) is 1. The Labute approximate surface area is 101 Å². The zero-order valence-electron chi connectivity index (χ0n) is 10.0. The molecular weight excluding hydrogens is 218 g/mol. The van der Waals surface area contributed by atoms with Gasteiger partial charge in [-0.3, -0.25) is 4.79 Å². The molecule has 5 nitrogen and oxygen atoms in total. The molecule has 0 unspecified atom stereocenters. The number of methoxy groups -OCH3 is 1. The second-order valence-corrected chi connectivity index (χ2v) is 4.11. The Kier molecular flexibility index (Phi) is 3.90. The number of carbonyl (C=O) groups excluding carboxylic acids is 1. The van der Waals surface area contributed by atoms with Crippen molar-refractivity contribution in [2.75, 3.05) is 19.0 Å². The first-order valence-corrected chi connectivity index (χ1v) is 5.94. The van der Waals surface area contributed by atoms with E-state index in [0.717, 1.165) is 24.4 Å². The fourth-order valence-corrected chi connectivity index (χ4v) is 2.06. The molecule has 92 valence electrons. The van der Waals surface area contributed by atoms with Crippen LogP contribution in [0.3, 0.4) is 0 Å². The van der Waals surface area contributed by atoms with E-state index < -0.39 is 0 Å². The minimum atomic E-state index is -0.208. The minimum absolute atomic E-state index is 0.208. The van der Waals surface area contributed by atoms with Crippen LogP contribution in [0.1, 0.15) is 30.5 Å². The predicted molar refractivity (Wildman–Crippen MR) is 63.8 cm³/mol. The van der Waals surface area contributed by atoms with Gasteiger partial charge in [0.1, 0.15) is 12.1 Å². The quantitative estimate of drug-likeness (QED) is 0.798. The Bertz CT molecular complexity index is 407. The van der Waals surface area contributed by atoms with Crippen LogP contribution >= 0.6 is 0 Å². The highest BCUT2D eigenvalue weighted by Crippen LogP contribution is 2.24. The average molecular weight is 235 g/mol. The molecular formula is C12H17N3O2. The van der Waals surface area contributed by atoms with E-state index in [1.54, 1.807) is 6.33 Å². The highest BCUT2D eigenvalue weighted by atomic mass is 16.5. The number of anilines is 1. The molecule has 0 atom stereocenters. The van der Waals surface area contributed by atoms with Crippen molar-refractivity contribution in [3.05, 3.63) is 17.6 Å².